The Hall–Kier alpha value is 0.293. The van der Waals surface area contributed by atoms with Gasteiger partial charge in [0, 0.05) is 0 Å². The first-order chi connectivity index (χ1) is 15.8. The van der Waals surface area contributed by atoms with Gasteiger partial charge in [-0.2, -0.15) is 0 Å². The molecule has 0 atom stereocenters. The quantitative estimate of drug-likeness (QED) is 0.193. The third kappa shape index (κ3) is 3.20. The van der Waals surface area contributed by atoms with E-state index in [0.29, 0.717) is 0 Å². The van der Waals surface area contributed by atoms with Gasteiger partial charge >= 0.3 is 273 Å². The van der Waals surface area contributed by atoms with Crippen molar-refractivity contribution in [2.75, 3.05) is 0 Å². The van der Waals surface area contributed by atoms with E-state index in [1.54, 1.807) is 0 Å². The summed E-state index contributed by atoms with van der Waals surface area (Å²) in [6.45, 7) is 6.65. The summed E-state index contributed by atoms with van der Waals surface area (Å²) in [5.74, 6) is 0. The van der Waals surface area contributed by atoms with Crippen LogP contribution in [-0.2, 0) is 0 Å². The molecule has 0 saturated carbocycles. The topological polar surface area (TPSA) is 47.4 Å². The molecule has 0 radical (unpaired) electrons. The minimum absolute atomic E-state index is 1.22. The molecule has 3 nitrogen and oxygen atoms in total. The fourth-order valence-corrected chi connectivity index (χ4v) is 7.22. The fourth-order valence-electron chi connectivity index (χ4n) is 5.36. The summed E-state index contributed by atoms with van der Waals surface area (Å²) in [4.78, 5) is 11.5. The van der Waals surface area contributed by atoms with E-state index in [9.17, 15) is 0 Å². The molecule has 3 aromatic heterocycles. The third-order valence-electron chi connectivity index (χ3n) is 7.17. The van der Waals surface area contributed by atoms with Crippen molar-refractivity contribution in [2.45, 2.75) is 20.8 Å². The summed E-state index contributed by atoms with van der Waals surface area (Å²) in [5.41, 5.74) is 11.5. The van der Waals surface area contributed by atoms with Gasteiger partial charge in [-0.3, -0.25) is 0 Å². The van der Waals surface area contributed by atoms with Crippen molar-refractivity contribution in [1.82, 2.24) is 15.0 Å². The molecule has 0 amide bonds. The van der Waals surface area contributed by atoms with Gasteiger partial charge in [0.05, 0.1) is 0 Å². The van der Waals surface area contributed by atoms with E-state index >= 15 is 0 Å². The molecule has 7 rings (SSSR count). The molecule has 0 aliphatic rings. The average molecular weight is 819 g/mol. The molecule has 33 heavy (non-hydrogen) atoms. The van der Waals surface area contributed by atoms with Crippen molar-refractivity contribution in [2.24, 2.45) is 0 Å². The molecule has 156 valence electrons. The van der Waals surface area contributed by atoms with Crippen LogP contribution < -0.4 is 3.84 Å². The van der Waals surface area contributed by atoms with Gasteiger partial charge in [0.25, 0.3) is 0 Å². The molecule has 0 spiro atoms. The van der Waals surface area contributed by atoms with Crippen LogP contribution in [0.15, 0.2) is 36.4 Å². The maximum absolute atomic E-state index is 3.86. The first kappa shape index (κ1) is 22.5. The maximum atomic E-state index is 3.86. The summed E-state index contributed by atoms with van der Waals surface area (Å²) in [6.07, 6.45) is 0. The van der Waals surface area contributed by atoms with E-state index < -0.39 is 0 Å². The molecule has 7 aromatic rings. The summed E-state index contributed by atoms with van der Waals surface area (Å²) in [6, 6.07) is 14.2. The van der Waals surface area contributed by atoms with Gasteiger partial charge in [-0.05, 0) is 0 Å². The van der Waals surface area contributed by atoms with Crippen LogP contribution in [0.25, 0.3) is 65.4 Å². The molecule has 4 aromatic carbocycles. The van der Waals surface area contributed by atoms with E-state index in [2.05, 4.69) is 72.1 Å². The number of hydrogen-bond acceptors (Lipinski definition) is 0. The average Bonchev–Trinajstić information content (AvgIpc) is 3.41. The molecule has 0 fully saturated rings. The fraction of sp³-hybridized carbons (Fsp3) is 0.111. The molecule has 6 heteroatoms. The third-order valence-corrected chi connectivity index (χ3v) is 13.1. The summed E-state index contributed by atoms with van der Waals surface area (Å²) in [5, 5.41) is 7.96. The summed E-state index contributed by atoms with van der Waals surface area (Å²) < 4.78 is 4.41. The number of nitrogens with one attached hydrogen (secondary N) is 3. The van der Waals surface area contributed by atoms with Crippen molar-refractivity contribution in [3.05, 3.63) is 53.1 Å². The molecule has 0 unspecified atom stereocenters. The van der Waals surface area contributed by atoms with Crippen LogP contribution in [0.1, 0.15) is 16.7 Å². The minimum atomic E-state index is 1.22. The first-order valence-corrected chi connectivity index (χ1v) is 15.2. The van der Waals surface area contributed by atoms with Gasteiger partial charge in [0.15, 0.2) is 0 Å². The van der Waals surface area contributed by atoms with Crippen molar-refractivity contribution in [3.63, 3.8) is 0 Å². The predicted octanol–water partition coefficient (Wildman–Crippen LogP) is 5.04. The van der Waals surface area contributed by atoms with Crippen LogP contribution in [0.5, 0.6) is 0 Å². The summed E-state index contributed by atoms with van der Waals surface area (Å²) in [7, 11) is 0. The van der Waals surface area contributed by atoms with Gasteiger partial charge in [0.2, 0.25) is 0 Å². The Morgan fingerprint density at radius 1 is 0.455 bits per heavy atom. The molecular weight excluding hydrogens is 801 g/mol. The van der Waals surface area contributed by atoms with Gasteiger partial charge in [-0.25, -0.2) is 0 Å². The van der Waals surface area contributed by atoms with E-state index in [4.69, 9.17) is 0 Å². The second-order valence-corrected chi connectivity index (χ2v) is 13.8. The van der Waals surface area contributed by atoms with Crippen LogP contribution in [-0.4, -0.2) is 15.0 Å². The van der Waals surface area contributed by atoms with Gasteiger partial charge in [-0.15, -0.1) is 0 Å². The Kier molecular flexibility index (Phi) is 5.38. The standard InChI is InChI=1S/C27H18N3.3Pm/c1-13-8-9-17-20(10-13)29-27-23(17)25-22(16-6-4-5-7-19(16)28-25)26-24(27)18-11-14(2)15(3)12-21(18)30-26;;;/h6-7,9-12,28-30H,1-3H3;;;. The van der Waals surface area contributed by atoms with Crippen LogP contribution >= 0.6 is 0 Å². The molecule has 0 aliphatic heterocycles. The molecule has 0 saturated heterocycles. The number of rotatable bonds is 0. The second-order valence-electron chi connectivity index (χ2n) is 9.18. The zero-order valence-corrected chi connectivity index (χ0v) is 26.9. The monoisotopic (exact) mass is 819 g/mol. The van der Waals surface area contributed by atoms with Crippen molar-refractivity contribution in [1.29, 1.82) is 0 Å². The van der Waals surface area contributed by atoms with Crippen LogP contribution in [0, 0.1) is 136 Å². The zero-order chi connectivity index (χ0) is 22.8. The molecule has 0 aliphatic carbocycles. The Morgan fingerprint density at radius 2 is 0.848 bits per heavy atom. The number of hydrogen-bond donors (Lipinski definition) is 3. The number of H-pyrrole nitrogens is 3. The Bertz CT molecular complexity index is 1730. The van der Waals surface area contributed by atoms with E-state index in [1.165, 1.54) is 201 Å². The number of aryl methyl sites for hydroxylation is 3. The normalized spacial score (nSPS) is 12.5. The van der Waals surface area contributed by atoms with Crippen molar-refractivity contribution < 1.29 is 115 Å². The van der Waals surface area contributed by atoms with Gasteiger partial charge in [-0.1, -0.05) is 0 Å². The van der Waals surface area contributed by atoms with Crippen molar-refractivity contribution in [3.8, 4) is 0 Å². The number of aromatic nitrogens is 3. The van der Waals surface area contributed by atoms with E-state index in [0.717, 1.165) is 0 Å². The van der Waals surface area contributed by atoms with E-state index in [1.807, 2.05) is 0 Å². The van der Waals surface area contributed by atoms with E-state index in [-0.39, 0.29) is 0 Å². The number of benzene rings is 4. The predicted molar refractivity (Wildman–Crippen MR) is 128 cm³/mol. The molecule has 3 N–H and O–H groups in total. The van der Waals surface area contributed by atoms with Gasteiger partial charge in [0.1, 0.15) is 0 Å². The Labute approximate surface area is 268 Å². The second kappa shape index (κ2) is 7.89. The Morgan fingerprint density at radius 3 is 1.42 bits per heavy atom. The van der Waals surface area contributed by atoms with Crippen LogP contribution in [0.4, 0.5) is 0 Å². The van der Waals surface area contributed by atoms with Crippen LogP contribution in [0.2, 0.25) is 0 Å². The van der Waals surface area contributed by atoms with Crippen molar-refractivity contribution >= 4 is 69.3 Å². The Balaban J connectivity index is 1.87. The summed E-state index contributed by atoms with van der Waals surface area (Å²) >= 11 is 3.91. The molecule has 0 bridgehead atoms. The zero-order valence-electron chi connectivity index (χ0n) is 18.3. The first-order valence-electron chi connectivity index (χ1n) is 10.9. The van der Waals surface area contributed by atoms with Gasteiger partial charge < -0.3 is 0 Å². The van der Waals surface area contributed by atoms with Crippen LogP contribution in [0.3, 0.4) is 0 Å². The number of aromatic amines is 3. The number of fused-ring (bicyclic) bond motifs is 12. The SMILES string of the molecule is Cc1cc2[nH]c3c(c2cc1C)c1[nH]c2cc(C)[c]([Pm])cc2c1c1[nH]c2c[c]([Pm])[c]([Pm])cc2c31. The molecular formula is C27H18N3Pm3. The molecule has 3 heterocycles.